The summed E-state index contributed by atoms with van der Waals surface area (Å²) in [5, 5.41) is 7.00. The Bertz CT molecular complexity index is 421. The molecule has 0 saturated carbocycles. The highest BCUT2D eigenvalue weighted by Gasteiger charge is 2.22. The van der Waals surface area contributed by atoms with E-state index in [1.54, 1.807) is 0 Å². The Balaban J connectivity index is 1.87. The topological polar surface area (TPSA) is 61.4 Å². The Morgan fingerprint density at radius 3 is 2.07 bits per heavy atom. The first-order chi connectivity index (χ1) is 13.1. The van der Waals surface area contributed by atoms with Gasteiger partial charge in [0.05, 0.1) is 33.0 Å². The van der Waals surface area contributed by atoms with E-state index in [0.29, 0.717) is 18.0 Å². The van der Waals surface area contributed by atoms with E-state index in [0.717, 1.165) is 78.2 Å². The zero-order valence-corrected chi connectivity index (χ0v) is 17.9. The van der Waals surface area contributed by atoms with Crippen molar-refractivity contribution in [2.24, 2.45) is 10.9 Å². The van der Waals surface area contributed by atoms with Gasteiger partial charge >= 0.3 is 0 Å². The Kier molecular flexibility index (Phi) is 10.4. The van der Waals surface area contributed by atoms with Crippen LogP contribution in [0.3, 0.4) is 0 Å². The molecule has 7 nitrogen and oxygen atoms in total. The minimum atomic E-state index is 0.440. The number of nitrogens with zero attached hydrogens (tertiary/aromatic N) is 3. The molecule has 0 bridgehead atoms. The molecule has 2 saturated heterocycles. The summed E-state index contributed by atoms with van der Waals surface area (Å²) >= 11 is 0. The highest BCUT2D eigenvalue weighted by atomic mass is 16.5. The number of nitrogens with one attached hydrogen (secondary N) is 2. The molecule has 0 spiro atoms. The summed E-state index contributed by atoms with van der Waals surface area (Å²) in [7, 11) is 0. The van der Waals surface area contributed by atoms with E-state index in [2.05, 4.69) is 48.1 Å². The molecular weight excluding hydrogens is 342 g/mol. The van der Waals surface area contributed by atoms with Gasteiger partial charge in [-0.15, -0.1) is 0 Å². The van der Waals surface area contributed by atoms with Gasteiger partial charge in [0, 0.05) is 51.4 Å². The Labute approximate surface area is 165 Å². The van der Waals surface area contributed by atoms with Crippen molar-refractivity contribution in [3.63, 3.8) is 0 Å². The van der Waals surface area contributed by atoms with E-state index in [4.69, 9.17) is 14.5 Å². The summed E-state index contributed by atoms with van der Waals surface area (Å²) in [4.78, 5) is 9.88. The van der Waals surface area contributed by atoms with Crippen LogP contribution >= 0.6 is 0 Å². The van der Waals surface area contributed by atoms with Gasteiger partial charge in [0.25, 0.3) is 0 Å². The van der Waals surface area contributed by atoms with Crippen molar-refractivity contribution in [1.29, 1.82) is 0 Å². The summed E-state index contributed by atoms with van der Waals surface area (Å²) in [6.07, 6.45) is 1.19. The van der Waals surface area contributed by atoms with E-state index in [9.17, 15) is 0 Å². The summed E-state index contributed by atoms with van der Waals surface area (Å²) < 4.78 is 11.0. The lowest BCUT2D eigenvalue weighted by Gasteiger charge is -2.36. The minimum absolute atomic E-state index is 0.440. The predicted octanol–water partition coefficient (Wildman–Crippen LogP) is 1.01. The van der Waals surface area contributed by atoms with Gasteiger partial charge in [0.1, 0.15) is 0 Å². The highest BCUT2D eigenvalue weighted by molar-refractivity contribution is 5.79. The van der Waals surface area contributed by atoms with Gasteiger partial charge in [-0.3, -0.25) is 14.8 Å². The fourth-order valence-electron chi connectivity index (χ4n) is 3.76. The van der Waals surface area contributed by atoms with Crippen LogP contribution in [-0.2, 0) is 9.47 Å². The average molecular weight is 384 g/mol. The van der Waals surface area contributed by atoms with Crippen LogP contribution in [0.2, 0.25) is 0 Å². The lowest BCUT2D eigenvalue weighted by Crippen LogP contribution is -2.51. The Morgan fingerprint density at radius 2 is 1.52 bits per heavy atom. The molecule has 0 aliphatic carbocycles. The molecule has 0 radical (unpaired) electrons. The molecule has 158 valence electrons. The number of morpholine rings is 2. The molecule has 2 unspecified atom stereocenters. The van der Waals surface area contributed by atoms with Crippen molar-refractivity contribution >= 4 is 5.96 Å². The Hall–Kier alpha value is -0.890. The lowest BCUT2D eigenvalue weighted by molar-refractivity contribution is 0.0132. The SMILES string of the molecule is CCNC(=NCC(C)N1CCOCC1)NCC(CC(C)C)N1CCOCC1. The normalized spacial score (nSPS) is 22.6. The van der Waals surface area contributed by atoms with Gasteiger partial charge in [0.15, 0.2) is 5.96 Å². The van der Waals surface area contributed by atoms with Crippen molar-refractivity contribution in [1.82, 2.24) is 20.4 Å². The number of hydrogen-bond acceptors (Lipinski definition) is 5. The second-order valence-electron chi connectivity index (χ2n) is 8.03. The van der Waals surface area contributed by atoms with E-state index in [1.807, 2.05) is 0 Å². The maximum Gasteiger partial charge on any atom is 0.191 e. The number of rotatable bonds is 9. The Morgan fingerprint density at radius 1 is 0.926 bits per heavy atom. The number of ether oxygens (including phenoxy) is 2. The molecule has 0 aromatic rings. The summed E-state index contributed by atoms with van der Waals surface area (Å²) in [5.74, 6) is 1.61. The van der Waals surface area contributed by atoms with Crippen molar-refractivity contribution in [3.05, 3.63) is 0 Å². The zero-order chi connectivity index (χ0) is 19.5. The number of aliphatic imine (C=N–C) groups is 1. The van der Waals surface area contributed by atoms with E-state index >= 15 is 0 Å². The lowest BCUT2D eigenvalue weighted by atomic mass is 10.0. The molecule has 2 fully saturated rings. The van der Waals surface area contributed by atoms with Crippen molar-refractivity contribution < 1.29 is 9.47 Å². The molecule has 2 heterocycles. The van der Waals surface area contributed by atoms with E-state index < -0.39 is 0 Å². The first-order valence-corrected chi connectivity index (χ1v) is 10.8. The monoisotopic (exact) mass is 383 g/mol. The van der Waals surface area contributed by atoms with Crippen molar-refractivity contribution in [2.45, 2.75) is 46.2 Å². The third-order valence-corrected chi connectivity index (χ3v) is 5.34. The van der Waals surface area contributed by atoms with E-state index in [-0.39, 0.29) is 0 Å². The number of hydrogen-bond donors (Lipinski definition) is 2. The summed E-state index contributed by atoms with van der Waals surface area (Å²) in [5.41, 5.74) is 0. The minimum Gasteiger partial charge on any atom is -0.379 e. The molecule has 0 aromatic heterocycles. The maximum absolute atomic E-state index is 5.53. The molecule has 2 aliphatic heterocycles. The predicted molar refractivity (Wildman–Crippen MR) is 111 cm³/mol. The van der Waals surface area contributed by atoms with Gasteiger partial charge in [0.2, 0.25) is 0 Å². The van der Waals surface area contributed by atoms with Crippen LogP contribution < -0.4 is 10.6 Å². The van der Waals surface area contributed by atoms with Crippen molar-refractivity contribution in [3.8, 4) is 0 Å². The van der Waals surface area contributed by atoms with Crippen molar-refractivity contribution in [2.75, 3.05) is 72.2 Å². The van der Waals surface area contributed by atoms with Gasteiger partial charge in [-0.25, -0.2) is 0 Å². The summed E-state index contributed by atoms with van der Waals surface area (Å²) in [6, 6.07) is 0.962. The first-order valence-electron chi connectivity index (χ1n) is 10.8. The largest absolute Gasteiger partial charge is 0.379 e. The number of guanidine groups is 1. The van der Waals surface area contributed by atoms with Gasteiger partial charge in [-0.1, -0.05) is 13.8 Å². The quantitative estimate of drug-likeness (QED) is 0.458. The summed E-state index contributed by atoms with van der Waals surface area (Å²) in [6.45, 7) is 19.0. The smallest absolute Gasteiger partial charge is 0.191 e. The van der Waals surface area contributed by atoms with Gasteiger partial charge in [-0.05, 0) is 26.2 Å². The highest BCUT2D eigenvalue weighted by Crippen LogP contribution is 2.13. The van der Waals surface area contributed by atoms with E-state index in [1.165, 1.54) is 6.42 Å². The first kappa shape index (κ1) is 22.4. The average Bonchev–Trinajstić information content (AvgIpc) is 2.69. The van der Waals surface area contributed by atoms with Crippen LogP contribution in [0.1, 0.15) is 34.1 Å². The van der Waals surface area contributed by atoms with Crippen LogP contribution in [0.4, 0.5) is 0 Å². The van der Waals surface area contributed by atoms with Gasteiger partial charge in [-0.2, -0.15) is 0 Å². The molecule has 7 heteroatoms. The molecular formula is C20H41N5O2. The standard InChI is InChI=1S/C20H41N5O2/c1-5-21-20(22-15-18(4)24-6-10-26-11-7-24)23-16-19(14-17(2)3)25-8-12-27-13-9-25/h17-19H,5-16H2,1-4H3,(H2,21,22,23). The fourth-order valence-corrected chi connectivity index (χ4v) is 3.76. The molecule has 0 aromatic carbocycles. The molecule has 27 heavy (non-hydrogen) atoms. The molecule has 2 rings (SSSR count). The molecule has 2 atom stereocenters. The third kappa shape index (κ3) is 8.34. The van der Waals surface area contributed by atoms with Gasteiger partial charge < -0.3 is 20.1 Å². The zero-order valence-electron chi connectivity index (χ0n) is 17.9. The van der Waals surface area contributed by atoms with Crippen LogP contribution in [0.25, 0.3) is 0 Å². The van der Waals surface area contributed by atoms with Crippen LogP contribution in [0.15, 0.2) is 4.99 Å². The molecule has 0 amide bonds. The molecule has 2 aliphatic rings. The second-order valence-corrected chi connectivity index (χ2v) is 8.03. The molecule has 2 N–H and O–H groups in total. The fraction of sp³-hybridized carbons (Fsp3) is 0.950. The van der Waals surface area contributed by atoms with Crippen LogP contribution in [0, 0.1) is 5.92 Å². The second kappa shape index (κ2) is 12.5. The van der Waals surface area contributed by atoms with Crippen LogP contribution in [0.5, 0.6) is 0 Å². The third-order valence-electron chi connectivity index (χ3n) is 5.34. The van der Waals surface area contributed by atoms with Crippen LogP contribution in [-0.4, -0.2) is 100 Å². The maximum atomic E-state index is 5.53.